The van der Waals surface area contributed by atoms with Crippen LogP contribution in [0.2, 0.25) is 0 Å². The molecule has 5 nitrogen and oxygen atoms in total. The number of hydrogen-bond acceptors (Lipinski definition) is 5. The number of anilines is 1. The average molecular weight is 175 g/mol. The average Bonchev–Trinajstić information content (AvgIpc) is 2.16. The van der Waals surface area contributed by atoms with Crippen LogP contribution in [0.5, 0.6) is 0 Å². The molecule has 0 unspecified atom stereocenters. The normalized spacial score (nSPS) is 8.62. The first-order valence-electron chi connectivity index (χ1n) is 3.31. The molecule has 1 rings (SSSR count). The van der Waals surface area contributed by atoms with Crippen molar-refractivity contribution in [2.75, 3.05) is 5.23 Å². The van der Waals surface area contributed by atoms with E-state index >= 15 is 0 Å². The molecule has 0 heterocycles. The van der Waals surface area contributed by atoms with Gasteiger partial charge in [0, 0.05) is 0 Å². The van der Waals surface area contributed by atoms with E-state index in [1.54, 1.807) is 6.07 Å². The molecule has 0 spiro atoms. The fourth-order valence-corrected chi connectivity index (χ4v) is 0.847. The van der Waals surface area contributed by atoms with E-state index in [0.717, 1.165) is 0 Å². The van der Waals surface area contributed by atoms with Crippen molar-refractivity contribution >= 4 is 5.69 Å². The third-order valence-electron chi connectivity index (χ3n) is 1.47. The summed E-state index contributed by atoms with van der Waals surface area (Å²) < 4.78 is 0. The molecule has 0 aromatic heterocycles. The summed E-state index contributed by atoms with van der Waals surface area (Å²) in [6.07, 6.45) is 0. The van der Waals surface area contributed by atoms with Gasteiger partial charge in [0.05, 0.1) is 16.8 Å². The summed E-state index contributed by atoms with van der Waals surface area (Å²) in [4.78, 5) is 0. The molecule has 64 valence electrons. The molecule has 0 saturated heterocycles. The maximum absolute atomic E-state index is 8.60. The summed E-state index contributed by atoms with van der Waals surface area (Å²) in [5.41, 5.74) is 0.344. The van der Waals surface area contributed by atoms with Gasteiger partial charge < -0.3 is 0 Å². The van der Waals surface area contributed by atoms with Crippen molar-refractivity contribution < 1.29 is 10.4 Å². The minimum absolute atomic E-state index is 0.0375. The minimum atomic E-state index is -0.109. The van der Waals surface area contributed by atoms with Crippen molar-refractivity contribution in [3.8, 4) is 12.1 Å². The molecule has 0 aliphatic rings. The Bertz CT molecular complexity index is 401. The van der Waals surface area contributed by atoms with E-state index in [0.29, 0.717) is 0 Å². The standard InChI is InChI=1S/C8H5N3O2/c9-4-6-1-2-8(11(12)13)3-7(6)5-10/h1-3,12-13H. The lowest BCUT2D eigenvalue weighted by atomic mass is 10.1. The maximum Gasteiger partial charge on any atom is 0.101 e. The quantitative estimate of drug-likeness (QED) is 0.621. The van der Waals surface area contributed by atoms with Gasteiger partial charge in [0.25, 0.3) is 0 Å². The van der Waals surface area contributed by atoms with Gasteiger partial charge >= 0.3 is 0 Å². The molecule has 1 aromatic carbocycles. The van der Waals surface area contributed by atoms with Crippen molar-refractivity contribution in [1.82, 2.24) is 0 Å². The maximum atomic E-state index is 8.60. The molecule has 0 aliphatic carbocycles. The molecule has 13 heavy (non-hydrogen) atoms. The van der Waals surface area contributed by atoms with Gasteiger partial charge in [-0.25, -0.2) is 0 Å². The van der Waals surface area contributed by atoms with Crippen LogP contribution < -0.4 is 5.23 Å². The summed E-state index contributed by atoms with van der Waals surface area (Å²) in [6.45, 7) is 0. The Labute approximate surface area is 74.2 Å². The first-order chi connectivity index (χ1) is 6.19. The fourth-order valence-electron chi connectivity index (χ4n) is 0.847. The van der Waals surface area contributed by atoms with Gasteiger partial charge in [0.2, 0.25) is 0 Å². The van der Waals surface area contributed by atoms with Gasteiger partial charge in [-0.15, -0.1) is 5.23 Å². The van der Waals surface area contributed by atoms with Gasteiger partial charge in [-0.3, -0.25) is 10.4 Å². The second-order valence-electron chi connectivity index (χ2n) is 2.24. The molecule has 0 amide bonds. The van der Waals surface area contributed by atoms with Crippen LogP contribution >= 0.6 is 0 Å². The molecular weight excluding hydrogens is 170 g/mol. The molecule has 0 aliphatic heterocycles. The monoisotopic (exact) mass is 175 g/mol. The third kappa shape index (κ3) is 1.74. The lowest BCUT2D eigenvalue weighted by molar-refractivity contribution is 0.0291. The molecule has 2 N–H and O–H groups in total. The van der Waals surface area contributed by atoms with Crippen molar-refractivity contribution in [2.24, 2.45) is 0 Å². The Morgan fingerprint density at radius 2 is 1.69 bits per heavy atom. The lowest BCUT2D eigenvalue weighted by Crippen LogP contribution is -2.11. The van der Waals surface area contributed by atoms with Gasteiger partial charge in [0.1, 0.15) is 12.1 Å². The van der Waals surface area contributed by atoms with Crippen molar-refractivity contribution in [2.45, 2.75) is 0 Å². The van der Waals surface area contributed by atoms with Crippen molar-refractivity contribution in [3.05, 3.63) is 29.3 Å². The van der Waals surface area contributed by atoms with Crippen LogP contribution in [0, 0.1) is 22.7 Å². The Balaban J connectivity index is 3.25. The predicted molar refractivity (Wildman–Crippen MR) is 41.9 cm³/mol. The highest BCUT2D eigenvalue weighted by Gasteiger charge is 2.05. The Morgan fingerprint density at radius 3 is 2.15 bits per heavy atom. The summed E-state index contributed by atoms with van der Waals surface area (Å²) in [7, 11) is 0. The fraction of sp³-hybridized carbons (Fsp3) is 0. The number of rotatable bonds is 1. The third-order valence-corrected chi connectivity index (χ3v) is 1.47. The molecule has 0 radical (unpaired) electrons. The minimum Gasteiger partial charge on any atom is -0.264 e. The number of benzene rings is 1. The van der Waals surface area contributed by atoms with Gasteiger partial charge in [-0.2, -0.15) is 10.5 Å². The van der Waals surface area contributed by atoms with Crippen molar-refractivity contribution in [1.29, 1.82) is 10.5 Å². The molecule has 5 heteroatoms. The smallest absolute Gasteiger partial charge is 0.101 e. The van der Waals surface area contributed by atoms with Crippen LogP contribution in [-0.2, 0) is 0 Å². The van der Waals surface area contributed by atoms with E-state index in [4.69, 9.17) is 20.9 Å². The van der Waals surface area contributed by atoms with E-state index < -0.39 is 0 Å². The zero-order valence-electron chi connectivity index (χ0n) is 6.47. The highest BCUT2D eigenvalue weighted by Crippen LogP contribution is 2.16. The topological polar surface area (TPSA) is 91.3 Å². The van der Waals surface area contributed by atoms with Gasteiger partial charge in [-0.1, -0.05) is 0 Å². The van der Waals surface area contributed by atoms with E-state index in [1.165, 1.54) is 18.2 Å². The lowest BCUT2D eigenvalue weighted by Gasteiger charge is -2.07. The highest BCUT2D eigenvalue weighted by molar-refractivity contribution is 5.55. The van der Waals surface area contributed by atoms with E-state index in [9.17, 15) is 0 Å². The summed E-state index contributed by atoms with van der Waals surface area (Å²) in [5.74, 6) is 0. The first-order valence-corrected chi connectivity index (χ1v) is 3.31. The molecule has 0 bridgehead atoms. The molecular formula is C8H5N3O2. The molecule has 0 fully saturated rings. The van der Waals surface area contributed by atoms with Crippen LogP contribution in [0.25, 0.3) is 0 Å². The van der Waals surface area contributed by atoms with Gasteiger partial charge in [0.15, 0.2) is 0 Å². The van der Waals surface area contributed by atoms with Crippen LogP contribution in [0.3, 0.4) is 0 Å². The summed E-state index contributed by atoms with van der Waals surface area (Å²) >= 11 is 0. The second-order valence-corrected chi connectivity index (χ2v) is 2.24. The number of nitrogens with zero attached hydrogens (tertiary/aromatic N) is 3. The number of nitriles is 2. The van der Waals surface area contributed by atoms with Crippen LogP contribution in [0.4, 0.5) is 5.69 Å². The van der Waals surface area contributed by atoms with E-state index in [-0.39, 0.29) is 22.0 Å². The zero-order valence-corrected chi connectivity index (χ0v) is 6.47. The first kappa shape index (κ1) is 9.01. The second kappa shape index (κ2) is 3.55. The van der Waals surface area contributed by atoms with E-state index in [1.807, 2.05) is 6.07 Å². The van der Waals surface area contributed by atoms with Crippen LogP contribution in [0.1, 0.15) is 11.1 Å². The van der Waals surface area contributed by atoms with Gasteiger partial charge in [-0.05, 0) is 18.2 Å². The van der Waals surface area contributed by atoms with Crippen molar-refractivity contribution in [3.63, 3.8) is 0 Å². The Kier molecular flexibility index (Phi) is 2.46. The van der Waals surface area contributed by atoms with E-state index in [2.05, 4.69) is 0 Å². The molecule has 0 saturated carbocycles. The predicted octanol–water partition coefficient (Wildman–Crippen LogP) is 1.01. The highest BCUT2D eigenvalue weighted by atomic mass is 16.8. The van der Waals surface area contributed by atoms with Crippen LogP contribution in [0.15, 0.2) is 18.2 Å². The summed E-state index contributed by atoms with van der Waals surface area (Å²) in [5, 5.41) is 34.2. The summed E-state index contributed by atoms with van der Waals surface area (Å²) in [6, 6.07) is 7.45. The molecule has 0 atom stereocenters. The SMILES string of the molecule is N#Cc1ccc(N(O)O)cc1C#N. The Hall–Kier alpha value is -2.08. The largest absolute Gasteiger partial charge is 0.264 e. The van der Waals surface area contributed by atoms with Crippen LogP contribution in [-0.4, -0.2) is 10.4 Å². The molecule has 1 aromatic rings. The number of hydrogen-bond donors (Lipinski definition) is 2. The Morgan fingerprint density at radius 1 is 1.08 bits per heavy atom. The zero-order chi connectivity index (χ0) is 9.84.